The van der Waals surface area contributed by atoms with E-state index in [0.29, 0.717) is 13.0 Å². The lowest BCUT2D eigenvalue weighted by Gasteiger charge is -2.24. The Morgan fingerprint density at radius 1 is 1.38 bits per heavy atom. The molecular formula is C16H24BO3S. The Labute approximate surface area is 134 Å². The first-order valence-electron chi connectivity index (χ1n) is 7.77. The number of rotatable bonds is 11. The molecular weight excluding hydrogens is 283 g/mol. The molecule has 1 aromatic rings. The summed E-state index contributed by atoms with van der Waals surface area (Å²) in [6.45, 7) is 6.29. The molecule has 0 N–H and O–H groups in total. The van der Waals surface area contributed by atoms with Crippen LogP contribution in [0.2, 0.25) is 0 Å². The van der Waals surface area contributed by atoms with Crippen molar-refractivity contribution in [3.8, 4) is 0 Å². The average molecular weight is 309 g/mol. The summed E-state index contributed by atoms with van der Waals surface area (Å²) in [6, 6.07) is 10.1. The summed E-state index contributed by atoms with van der Waals surface area (Å²) < 4.78 is 18.4. The molecule has 0 aliphatic rings. The molecule has 5 heteroatoms. The van der Waals surface area contributed by atoms with Crippen molar-refractivity contribution in [3.63, 3.8) is 0 Å². The van der Waals surface area contributed by atoms with Crippen LogP contribution in [0.1, 0.15) is 39.2 Å². The molecule has 0 unspecified atom stereocenters. The molecule has 3 atom stereocenters. The number of hydrogen-bond acceptors (Lipinski definition) is 4. The van der Waals surface area contributed by atoms with Crippen LogP contribution in [0.5, 0.6) is 0 Å². The van der Waals surface area contributed by atoms with Crippen molar-refractivity contribution >= 4 is 24.8 Å². The summed E-state index contributed by atoms with van der Waals surface area (Å²) in [7, 11) is 1.13. The van der Waals surface area contributed by atoms with Crippen molar-refractivity contribution in [2.45, 2.75) is 52.4 Å². The molecule has 0 amide bonds. The number of Topliss-reactive ketones (excluding diaryl/α,β-unsaturated/α-hetero) is 1. The number of benzene rings is 1. The van der Waals surface area contributed by atoms with Gasteiger partial charge < -0.3 is 8.92 Å². The zero-order valence-electron chi connectivity index (χ0n) is 14.0. The van der Waals surface area contributed by atoms with Crippen molar-refractivity contribution in [3.05, 3.63) is 35.9 Å². The van der Waals surface area contributed by atoms with Gasteiger partial charge in [0.2, 0.25) is 7.09 Å². The van der Waals surface area contributed by atoms with Crippen LogP contribution in [-0.2, 0) is 20.3 Å². The average Bonchev–Trinajstić information content (AvgIpc) is 2.50. The van der Waals surface area contributed by atoms with Gasteiger partial charge >= 0.3 is 0 Å². The lowest BCUT2D eigenvalue weighted by molar-refractivity contribution is -0.118. The predicted molar refractivity (Wildman–Crippen MR) is 89.4 cm³/mol. The van der Waals surface area contributed by atoms with Crippen LogP contribution in [0.3, 0.4) is 0 Å². The Hall–Kier alpha value is -0.775. The molecule has 0 spiro atoms. The van der Waals surface area contributed by atoms with Crippen LogP contribution >= 0.6 is 11.9 Å². The van der Waals surface area contributed by atoms with Crippen LogP contribution in [0.15, 0.2) is 30.3 Å². The highest BCUT2D eigenvalue weighted by Gasteiger charge is 2.20. The molecule has 0 aliphatic carbocycles. The molecule has 0 heterocycles. The molecule has 0 saturated carbocycles. The number of carbonyl (C=O) groups excluding carboxylic acids is 1. The van der Waals surface area contributed by atoms with Crippen molar-refractivity contribution in [1.82, 2.24) is 0 Å². The minimum atomic E-state index is -0.179. The van der Waals surface area contributed by atoms with Crippen molar-refractivity contribution in [2.75, 3.05) is 0 Å². The molecule has 0 bridgehead atoms. The Balaban J connectivity index is 2.42. The second-order valence-corrected chi connectivity index (χ2v) is 5.82. The first-order valence-corrected chi connectivity index (χ1v) is 8.00. The molecule has 1 radical (unpaired) electrons. The highest BCUT2D eigenvalue weighted by atomic mass is 32.2. The zero-order chi connectivity index (χ0) is 16.4. The maximum atomic E-state index is 11.3. The molecule has 115 valence electrons. The summed E-state index contributed by atoms with van der Waals surface area (Å²) in [5.74, 6) is 0.361. The van der Waals surface area contributed by atoms with Gasteiger partial charge in [0.15, 0.2) is 0 Å². The van der Waals surface area contributed by atoms with Crippen LogP contribution in [0.4, 0.5) is 0 Å². The van der Waals surface area contributed by atoms with Gasteiger partial charge in [-0.25, -0.2) is 0 Å². The summed E-state index contributed by atoms with van der Waals surface area (Å²) in [5, 5.41) is 0. The number of carbonyl (C=O) groups is 1. The lowest BCUT2D eigenvalue weighted by Crippen LogP contribution is -2.25. The molecule has 3 nitrogen and oxygen atoms in total. The number of ether oxygens (including phenoxy) is 1. The molecule has 0 aliphatic heterocycles. The second-order valence-electron chi connectivity index (χ2n) is 5.44. The molecule has 21 heavy (non-hydrogen) atoms. The topological polar surface area (TPSA) is 35.5 Å². The van der Waals surface area contributed by atoms with E-state index in [0.717, 1.165) is 31.0 Å². The van der Waals surface area contributed by atoms with Gasteiger partial charge in [-0.1, -0.05) is 49.1 Å². The van der Waals surface area contributed by atoms with Crippen molar-refractivity contribution in [2.24, 2.45) is 5.92 Å². The van der Waals surface area contributed by atoms with E-state index in [1.165, 1.54) is 0 Å². The third-order valence-corrected chi connectivity index (χ3v) is 3.88. The molecule has 1 rings (SSSR count). The van der Waals surface area contributed by atoms with Crippen molar-refractivity contribution in [1.29, 1.82) is 1.34 Å². The number of hydrogen-bond donors (Lipinski definition) is 0. The maximum Gasteiger partial charge on any atom is 0.209 e. The fraction of sp³-hybridized carbons (Fsp3) is 0.562. The normalized spacial score (nSPS) is 15.9. The van der Waals surface area contributed by atoms with Crippen molar-refractivity contribution < 1.29 is 13.7 Å². The van der Waals surface area contributed by atoms with E-state index in [1.807, 2.05) is 37.3 Å². The standard InChI is InChI=1S/C16H24BO3S/c1-12(9-16(20-21-17)10-13(2)18)14(3)19-11-15-7-5-4-6-8-15/h4-8,12,14,16-17H,9-11H2,1-3H3/t12-,14-,16-/m1/s1/i17T. The van der Waals surface area contributed by atoms with E-state index in [-0.39, 0.29) is 23.9 Å². The Morgan fingerprint density at radius 3 is 2.71 bits per heavy atom. The summed E-state index contributed by atoms with van der Waals surface area (Å²) in [4.78, 5) is 11.3. The predicted octanol–water partition coefficient (Wildman–Crippen LogP) is 3.45. The van der Waals surface area contributed by atoms with Crippen LogP contribution in [0.25, 0.3) is 0 Å². The summed E-state index contributed by atoms with van der Waals surface area (Å²) in [6.07, 6.45) is 0.998. The Morgan fingerprint density at radius 2 is 2.10 bits per heavy atom. The van der Waals surface area contributed by atoms with Crippen LogP contribution in [-0.4, -0.2) is 26.4 Å². The molecule has 0 saturated heterocycles. The Kier molecular flexibility index (Phi) is 7.93. The van der Waals surface area contributed by atoms with Crippen LogP contribution < -0.4 is 0 Å². The third kappa shape index (κ3) is 7.70. The summed E-state index contributed by atoms with van der Waals surface area (Å²) in [5.41, 5.74) is 1.15. The smallest absolute Gasteiger partial charge is 0.209 e. The van der Waals surface area contributed by atoms with Gasteiger partial charge in [0.25, 0.3) is 0 Å². The van der Waals surface area contributed by atoms with E-state index in [1.54, 1.807) is 6.92 Å². The minimum absolute atomic E-state index is 0.0724. The van der Waals surface area contributed by atoms with E-state index in [2.05, 4.69) is 6.92 Å². The molecule has 0 fully saturated rings. The van der Waals surface area contributed by atoms with Crippen LogP contribution in [0, 0.1) is 5.92 Å². The fourth-order valence-electron chi connectivity index (χ4n) is 2.13. The third-order valence-electron chi connectivity index (χ3n) is 3.50. The highest BCUT2D eigenvalue weighted by molar-refractivity contribution is 8.15. The monoisotopic (exact) mass is 309 g/mol. The first-order chi connectivity index (χ1) is 10.5. The van der Waals surface area contributed by atoms with Gasteiger partial charge in [0, 0.05) is 6.42 Å². The maximum absolute atomic E-state index is 11.3. The zero-order valence-corrected chi connectivity index (χ0v) is 13.8. The largest absolute Gasteiger partial charge is 0.374 e. The quantitative estimate of drug-likeness (QED) is 0.463. The first kappa shape index (κ1) is 16.6. The lowest BCUT2D eigenvalue weighted by atomic mass is 9.96. The van der Waals surface area contributed by atoms with E-state index in [9.17, 15) is 4.79 Å². The molecule has 1 aromatic carbocycles. The van der Waals surface area contributed by atoms with Gasteiger partial charge in [-0.3, -0.25) is 4.79 Å². The van der Waals surface area contributed by atoms with Gasteiger partial charge in [-0.15, -0.1) is 0 Å². The van der Waals surface area contributed by atoms with Gasteiger partial charge in [0.1, 0.15) is 5.78 Å². The highest BCUT2D eigenvalue weighted by Crippen LogP contribution is 2.21. The SMILES string of the molecule is [3H][B]SO[C@@H](CC(C)=O)C[C@@H](C)[C@@H](C)OCc1ccccc1. The fourth-order valence-corrected chi connectivity index (χ4v) is 2.43. The van der Waals surface area contributed by atoms with Gasteiger partial charge in [-0.05, 0) is 33.1 Å². The number of ketones is 1. The second kappa shape index (κ2) is 10.0. The van der Waals surface area contributed by atoms with E-state index >= 15 is 0 Å². The molecule has 0 aromatic heterocycles. The summed E-state index contributed by atoms with van der Waals surface area (Å²) >= 11 is 0.971. The van der Waals surface area contributed by atoms with E-state index in [4.69, 9.17) is 10.3 Å². The Bertz CT molecular complexity index is 433. The van der Waals surface area contributed by atoms with E-state index < -0.39 is 0 Å². The minimum Gasteiger partial charge on any atom is -0.374 e. The van der Waals surface area contributed by atoms with Gasteiger partial charge in [0.05, 0.1) is 18.8 Å². The van der Waals surface area contributed by atoms with Gasteiger partial charge in [-0.2, -0.15) is 0 Å².